The Morgan fingerprint density at radius 3 is 2.62 bits per heavy atom. The number of amides is 1. The highest BCUT2D eigenvalue weighted by molar-refractivity contribution is 6.22. The number of carbonyl (C=O) groups excluding carboxylic acids is 1. The molecule has 1 aliphatic rings. The van der Waals surface area contributed by atoms with Crippen LogP contribution in [0.4, 0.5) is 20.4 Å². The van der Waals surface area contributed by atoms with E-state index in [2.05, 4.69) is 20.4 Å². The monoisotopic (exact) mass is 439 g/mol. The number of nitrogens with two attached hydrogens (primary N) is 1. The molecule has 1 amide bonds. The number of methoxy groups -OCH3 is 1. The van der Waals surface area contributed by atoms with E-state index in [0.29, 0.717) is 33.0 Å². The molecule has 5 rings (SSSR count). The Hall–Kier alpha value is -4.02. The van der Waals surface area contributed by atoms with Crippen LogP contribution in [0.5, 0.6) is 5.75 Å². The number of ether oxygens (including phenoxy) is 1. The molecule has 0 saturated heterocycles. The third kappa shape index (κ3) is 2.53. The van der Waals surface area contributed by atoms with Gasteiger partial charge in [0.15, 0.2) is 5.65 Å². The van der Waals surface area contributed by atoms with E-state index in [-0.39, 0.29) is 22.8 Å². The number of anilines is 2. The molecular formula is C21H19F2N7O2. The molecule has 0 aliphatic carbocycles. The van der Waals surface area contributed by atoms with Gasteiger partial charge in [0.25, 0.3) is 5.91 Å². The fraction of sp³-hybridized carbons (Fsp3) is 0.238. The molecule has 1 aliphatic heterocycles. The van der Waals surface area contributed by atoms with Crippen LogP contribution in [0.3, 0.4) is 0 Å². The highest BCUT2D eigenvalue weighted by Crippen LogP contribution is 2.43. The highest BCUT2D eigenvalue weighted by atomic mass is 19.3. The third-order valence-electron chi connectivity index (χ3n) is 5.68. The number of aromatic nitrogens is 5. The lowest BCUT2D eigenvalue weighted by Gasteiger charge is -2.17. The Labute approximate surface area is 180 Å². The largest absolute Gasteiger partial charge is 0.496 e. The molecule has 4 heterocycles. The number of nitrogens with one attached hydrogen (secondary N) is 1. The Morgan fingerprint density at radius 2 is 1.94 bits per heavy atom. The van der Waals surface area contributed by atoms with Gasteiger partial charge in [0, 0.05) is 5.56 Å². The van der Waals surface area contributed by atoms with E-state index >= 15 is 0 Å². The smallest absolute Gasteiger partial charge is 0.335 e. The third-order valence-corrected chi connectivity index (χ3v) is 5.68. The second-order valence-electron chi connectivity index (χ2n) is 7.56. The van der Waals surface area contributed by atoms with Gasteiger partial charge in [0.1, 0.15) is 23.2 Å². The van der Waals surface area contributed by atoms with E-state index in [9.17, 15) is 13.6 Å². The first kappa shape index (κ1) is 19.9. The molecule has 11 heteroatoms. The zero-order valence-corrected chi connectivity index (χ0v) is 17.7. The first-order valence-corrected chi connectivity index (χ1v) is 9.75. The fourth-order valence-electron chi connectivity index (χ4n) is 4.32. The summed E-state index contributed by atoms with van der Waals surface area (Å²) in [6.07, 6.45) is 1.26. The van der Waals surface area contributed by atoms with Gasteiger partial charge in [-0.3, -0.25) is 9.36 Å². The average molecular weight is 439 g/mol. The molecule has 1 aromatic carbocycles. The predicted molar refractivity (Wildman–Crippen MR) is 114 cm³/mol. The molecule has 9 nitrogen and oxygen atoms in total. The van der Waals surface area contributed by atoms with Crippen molar-refractivity contribution in [1.82, 2.24) is 24.3 Å². The van der Waals surface area contributed by atoms with Crippen molar-refractivity contribution in [2.75, 3.05) is 18.2 Å². The standard InChI is InChI=1S/C21H19F2N7O2/c1-8-5-6-12(32-4)9(2)16(8)29-17(24)14-13-15(26-10(3)27-19(13)29)11-7-25-30(21(22)23)18(11)28-20(14)31/h5-7,21H,24H2,1-4H3,(H,28,31). The number of hydrogen-bond donors (Lipinski definition) is 2. The maximum Gasteiger partial charge on any atom is 0.335 e. The lowest BCUT2D eigenvalue weighted by molar-refractivity contribution is 0.0588. The van der Waals surface area contributed by atoms with Crippen LogP contribution >= 0.6 is 0 Å². The number of benzene rings is 1. The number of carbonyl (C=O) groups is 1. The quantitative estimate of drug-likeness (QED) is 0.503. The summed E-state index contributed by atoms with van der Waals surface area (Å²) in [5, 5.41) is 6.64. The van der Waals surface area contributed by atoms with E-state index in [0.717, 1.165) is 16.8 Å². The Kier molecular flexibility index (Phi) is 4.19. The van der Waals surface area contributed by atoms with Gasteiger partial charge in [0.05, 0.1) is 41.2 Å². The summed E-state index contributed by atoms with van der Waals surface area (Å²) in [4.78, 5) is 22.3. The maximum atomic E-state index is 13.5. The molecule has 0 spiro atoms. The molecule has 0 atom stereocenters. The Balaban J connectivity index is 1.94. The number of nitrogens with zero attached hydrogens (tertiary/aromatic N) is 5. The summed E-state index contributed by atoms with van der Waals surface area (Å²) in [5.74, 6) is 0.386. The maximum absolute atomic E-state index is 13.5. The summed E-state index contributed by atoms with van der Waals surface area (Å²) in [5.41, 5.74) is 10.0. The minimum absolute atomic E-state index is 0.119. The van der Waals surface area contributed by atoms with Crippen LogP contribution in [-0.2, 0) is 0 Å². The van der Waals surface area contributed by atoms with Crippen molar-refractivity contribution < 1.29 is 18.3 Å². The minimum atomic E-state index is -2.94. The molecular weight excluding hydrogens is 420 g/mol. The fourth-order valence-corrected chi connectivity index (χ4v) is 4.32. The summed E-state index contributed by atoms with van der Waals surface area (Å²) in [7, 11) is 1.57. The average Bonchev–Trinajstić information content (AvgIpc) is 3.23. The summed E-state index contributed by atoms with van der Waals surface area (Å²) in [6.45, 7) is 2.55. The molecule has 0 bridgehead atoms. The van der Waals surface area contributed by atoms with Gasteiger partial charge < -0.3 is 15.8 Å². The normalized spacial score (nSPS) is 12.8. The first-order chi connectivity index (χ1) is 15.2. The van der Waals surface area contributed by atoms with Crippen LogP contribution in [0.25, 0.3) is 28.0 Å². The Bertz CT molecular complexity index is 1440. The van der Waals surface area contributed by atoms with Gasteiger partial charge >= 0.3 is 6.55 Å². The zero-order chi connectivity index (χ0) is 22.9. The van der Waals surface area contributed by atoms with Crippen molar-refractivity contribution in [1.29, 1.82) is 0 Å². The van der Waals surface area contributed by atoms with Gasteiger partial charge in [-0.25, -0.2) is 9.97 Å². The van der Waals surface area contributed by atoms with Crippen molar-refractivity contribution in [3.63, 3.8) is 0 Å². The highest BCUT2D eigenvalue weighted by Gasteiger charge is 2.34. The van der Waals surface area contributed by atoms with Gasteiger partial charge in [0.2, 0.25) is 0 Å². The molecule has 4 aromatic rings. The lowest BCUT2D eigenvalue weighted by atomic mass is 10.1. The van der Waals surface area contributed by atoms with Crippen LogP contribution in [0.15, 0.2) is 18.3 Å². The minimum Gasteiger partial charge on any atom is -0.496 e. The van der Waals surface area contributed by atoms with E-state index in [4.69, 9.17) is 10.5 Å². The summed E-state index contributed by atoms with van der Waals surface area (Å²) < 4.78 is 34.6. The number of aryl methyl sites for hydroxylation is 2. The van der Waals surface area contributed by atoms with Crippen LogP contribution in [-0.4, -0.2) is 37.3 Å². The molecule has 0 unspecified atom stereocenters. The Morgan fingerprint density at radius 1 is 1.19 bits per heavy atom. The van der Waals surface area contributed by atoms with Crippen molar-refractivity contribution in [2.24, 2.45) is 0 Å². The number of halogens is 2. The molecule has 0 radical (unpaired) electrons. The molecule has 0 fully saturated rings. The summed E-state index contributed by atoms with van der Waals surface area (Å²) >= 11 is 0. The first-order valence-electron chi connectivity index (χ1n) is 9.75. The molecule has 3 N–H and O–H groups in total. The van der Waals surface area contributed by atoms with Gasteiger partial charge in [-0.2, -0.15) is 18.6 Å². The molecule has 0 saturated carbocycles. The van der Waals surface area contributed by atoms with E-state index < -0.39 is 12.5 Å². The van der Waals surface area contributed by atoms with Crippen LogP contribution in [0.2, 0.25) is 0 Å². The van der Waals surface area contributed by atoms with E-state index in [1.807, 2.05) is 26.0 Å². The van der Waals surface area contributed by atoms with Crippen molar-refractivity contribution in [3.8, 4) is 22.7 Å². The van der Waals surface area contributed by atoms with Crippen molar-refractivity contribution in [3.05, 3.63) is 40.8 Å². The van der Waals surface area contributed by atoms with Gasteiger partial charge in [-0.05, 0) is 32.4 Å². The summed E-state index contributed by atoms with van der Waals surface area (Å²) in [6, 6.07) is 3.74. The molecule has 3 aromatic heterocycles. The van der Waals surface area contributed by atoms with Crippen LogP contribution in [0.1, 0.15) is 33.9 Å². The van der Waals surface area contributed by atoms with Crippen molar-refractivity contribution in [2.45, 2.75) is 27.3 Å². The number of fused-ring (bicyclic) bond motifs is 2. The van der Waals surface area contributed by atoms with Gasteiger partial charge in [-0.1, -0.05) is 6.07 Å². The van der Waals surface area contributed by atoms with E-state index in [1.54, 1.807) is 18.6 Å². The lowest BCUT2D eigenvalue weighted by Crippen LogP contribution is -2.17. The predicted octanol–water partition coefficient (Wildman–Crippen LogP) is 3.76. The SMILES string of the molecule is COc1ccc(C)c(-n2c(N)c3c4c(nc(C)nc42)-c2cnn(C(F)F)c2NC3=O)c1C. The molecule has 164 valence electrons. The van der Waals surface area contributed by atoms with E-state index in [1.165, 1.54) is 6.20 Å². The topological polar surface area (TPSA) is 113 Å². The second kappa shape index (κ2) is 6.74. The number of hydrogen-bond acceptors (Lipinski definition) is 6. The van der Waals surface area contributed by atoms with Crippen LogP contribution < -0.4 is 15.8 Å². The number of nitrogen functional groups attached to an aromatic ring is 1. The van der Waals surface area contributed by atoms with Gasteiger partial charge in [-0.15, -0.1) is 0 Å². The molecule has 32 heavy (non-hydrogen) atoms. The zero-order valence-electron chi connectivity index (χ0n) is 17.7. The number of alkyl halides is 2. The van der Waals surface area contributed by atoms with Crippen LogP contribution in [0, 0.1) is 20.8 Å². The number of rotatable bonds is 3. The second-order valence-corrected chi connectivity index (χ2v) is 7.56. The van der Waals surface area contributed by atoms with Crippen molar-refractivity contribution >= 4 is 28.6 Å².